The highest BCUT2D eigenvalue weighted by Crippen LogP contribution is 2.43. The number of aliphatic hydroxyl groups excluding tert-OH is 1. The molecule has 0 aromatic rings. The van der Waals surface area contributed by atoms with E-state index in [0.29, 0.717) is 17.4 Å². The summed E-state index contributed by atoms with van der Waals surface area (Å²) in [4.78, 5) is 23.1. The van der Waals surface area contributed by atoms with E-state index in [9.17, 15) is 19.4 Å². The summed E-state index contributed by atoms with van der Waals surface area (Å²) in [6, 6.07) is -0.853. The molecule has 0 spiro atoms. The van der Waals surface area contributed by atoms with Gasteiger partial charge in [0.2, 0.25) is 5.91 Å². The Kier molecular flexibility index (Phi) is 37.9. The molecule has 3 N–H and O–H groups in total. The molecule has 0 aliphatic rings. The van der Waals surface area contributed by atoms with Crippen LogP contribution in [0, 0.1) is 0 Å². The molecular weight excluding hydrogens is 719 g/mol. The monoisotopic (exact) mass is 810 g/mol. The predicted octanol–water partition coefficient (Wildman–Crippen LogP) is 12.9. The van der Waals surface area contributed by atoms with Crippen molar-refractivity contribution in [3.63, 3.8) is 0 Å². The summed E-state index contributed by atoms with van der Waals surface area (Å²) in [6.45, 7) is 4.77. The summed E-state index contributed by atoms with van der Waals surface area (Å²) >= 11 is 0. The maximum Gasteiger partial charge on any atom is 0.472 e. The number of hydrogen-bond donors (Lipinski definition) is 3. The molecule has 328 valence electrons. The molecule has 0 bridgehead atoms. The first-order valence-electron chi connectivity index (χ1n) is 23.0. The van der Waals surface area contributed by atoms with Gasteiger partial charge in [0.25, 0.3) is 0 Å². The Morgan fingerprint density at radius 3 is 1.52 bits per heavy atom. The Morgan fingerprint density at radius 2 is 1.02 bits per heavy atom. The summed E-state index contributed by atoms with van der Waals surface area (Å²) in [7, 11) is 1.56. The molecule has 0 aliphatic carbocycles. The van der Waals surface area contributed by atoms with Crippen LogP contribution >= 0.6 is 7.82 Å². The lowest BCUT2D eigenvalue weighted by atomic mass is 10.0. The molecule has 0 saturated heterocycles. The zero-order chi connectivity index (χ0) is 41.4. The van der Waals surface area contributed by atoms with Crippen LogP contribution in [-0.2, 0) is 18.4 Å². The van der Waals surface area contributed by atoms with Crippen LogP contribution in [0.1, 0.15) is 194 Å². The number of quaternary nitrogens is 1. The highest BCUT2D eigenvalue weighted by atomic mass is 31.2. The first kappa shape index (κ1) is 54.5. The molecule has 3 atom stereocenters. The van der Waals surface area contributed by atoms with Gasteiger partial charge in [0, 0.05) is 6.42 Å². The van der Waals surface area contributed by atoms with E-state index in [1.165, 1.54) is 109 Å². The minimum Gasteiger partial charge on any atom is -0.387 e. The maximum absolute atomic E-state index is 12.9. The number of phosphoric ester groups is 1. The third kappa shape index (κ3) is 40.6. The van der Waals surface area contributed by atoms with Gasteiger partial charge in [0.15, 0.2) is 0 Å². The minimum atomic E-state index is -4.34. The summed E-state index contributed by atoms with van der Waals surface area (Å²) in [6.07, 6.45) is 48.8. The Labute approximate surface area is 346 Å². The number of carbonyl (C=O) groups excluding carboxylic acids is 1. The number of allylic oxidation sites excluding steroid dienone is 7. The molecular formula is C47H90N2O6P+. The molecule has 1 amide bonds. The van der Waals surface area contributed by atoms with E-state index < -0.39 is 20.0 Å². The lowest BCUT2D eigenvalue weighted by molar-refractivity contribution is -0.870. The van der Waals surface area contributed by atoms with E-state index in [-0.39, 0.29) is 19.1 Å². The fourth-order valence-electron chi connectivity index (χ4n) is 6.34. The van der Waals surface area contributed by atoms with Crippen LogP contribution in [0.4, 0.5) is 0 Å². The smallest absolute Gasteiger partial charge is 0.387 e. The first-order valence-corrected chi connectivity index (χ1v) is 24.5. The molecule has 9 heteroatoms. The lowest BCUT2D eigenvalue weighted by Crippen LogP contribution is -2.45. The van der Waals surface area contributed by atoms with Crippen molar-refractivity contribution in [2.75, 3.05) is 40.9 Å². The highest BCUT2D eigenvalue weighted by molar-refractivity contribution is 7.47. The van der Waals surface area contributed by atoms with Crippen molar-refractivity contribution in [2.24, 2.45) is 0 Å². The number of aliphatic hydroxyl groups is 1. The van der Waals surface area contributed by atoms with Crippen molar-refractivity contribution in [3.05, 3.63) is 48.6 Å². The summed E-state index contributed by atoms with van der Waals surface area (Å²) in [5, 5.41) is 13.8. The summed E-state index contributed by atoms with van der Waals surface area (Å²) in [5.41, 5.74) is 0. The fraction of sp³-hybridized carbons (Fsp3) is 0.809. The van der Waals surface area contributed by atoms with Gasteiger partial charge in [-0.05, 0) is 57.8 Å². The van der Waals surface area contributed by atoms with Crippen LogP contribution in [0.15, 0.2) is 48.6 Å². The zero-order valence-corrected chi connectivity index (χ0v) is 38.0. The van der Waals surface area contributed by atoms with Crippen molar-refractivity contribution in [1.29, 1.82) is 0 Å². The van der Waals surface area contributed by atoms with Gasteiger partial charge in [0.1, 0.15) is 13.2 Å². The second-order valence-electron chi connectivity index (χ2n) is 16.8. The fourth-order valence-corrected chi connectivity index (χ4v) is 7.08. The van der Waals surface area contributed by atoms with Crippen LogP contribution < -0.4 is 5.32 Å². The van der Waals surface area contributed by atoms with Gasteiger partial charge < -0.3 is 19.8 Å². The second-order valence-corrected chi connectivity index (χ2v) is 18.2. The third-order valence-corrected chi connectivity index (χ3v) is 11.0. The average molecular weight is 810 g/mol. The second kappa shape index (κ2) is 38.9. The molecule has 0 rings (SSSR count). The van der Waals surface area contributed by atoms with Gasteiger partial charge in [-0.25, -0.2) is 4.57 Å². The van der Waals surface area contributed by atoms with E-state index >= 15 is 0 Å². The first-order chi connectivity index (χ1) is 27.0. The standard InChI is InChI=1S/C47H89N2O6P/c1-6-8-10-12-14-16-18-20-22-23-24-25-27-29-31-33-35-37-39-41-47(51)48-45(44-55-56(52,53)54-43-42-49(3,4)5)46(50)40-38-36-34-32-30-28-26-21-19-17-15-13-11-9-7-2/h14,16,20,22,24-25,38,40,45-46,50H,6-13,15,17-19,21,23,26-37,39,41-44H2,1-5H3,(H-,48,51,52,53)/p+1/b16-14-,22-20-,25-24-,40-38+. The van der Waals surface area contributed by atoms with E-state index in [4.69, 9.17) is 9.05 Å². The molecule has 0 radical (unpaired) electrons. The Hall–Kier alpha value is -1.54. The number of nitrogens with one attached hydrogen (secondary N) is 1. The van der Waals surface area contributed by atoms with Crippen LogP contribution in [0.3, 0.4) is 0 Å². The topological polar surface area (TPSA) is 105 Å². The van der Waals surface area contributed by atoms with Gasteiger partial charge in [0.05, 0.1) is 39.9 Å². The molecule has 0 fully saturated rings. The average Bonchev–Trinajstić information content (AvgIpc) is 3.15. The number of likely N-dealkylation sites (N-methyl/N-ethyl adjacent to an activating group) is 1. The van der Waals surface area contributed by atoms with Gasteiger partial charge in [-0.1, -0.05) is 178 Å². The molecule has 0 aromatic carbocycles. The maximum atomic E-state index is 12.9. The quantitative estimate of drug-likeness (QED) is 0.0246. The van der Waals surface area contributed by atoms with Crippen molar-refractivity contribution >= 4 is 13.7 Å². The van der Waals surface area contributed by atoms with E-state index in [1.54, 1.807) is 6.08 Å². The highest BCUT2D eigenvalue weighted by Gasteiger charge is 2.27. The third-order valence-electron chi connectivity index (χ3n) is 10.0. The predicted molar refractivity (Wildman–Crippen MR) is 240 cm³/mol. The molecule has 56 heavy (non-hydrogen) atoms. The number of carbonyl (C=O) groups is 1. The molecule has 0 aromatic heterocycles. The summed E-state index contributed by atoms with van der Waals surface area (Å²) in [5.74, 6) is -0.191. The lowest BCUT2D eigenvalue weighted by Gasteiger charge is -2.25. The molecule has 0 aliphatic heterocycles. The Bertz CT molecular complexity index is 1050. The number of phosphoric acid groups is 1. The molecule has 3 unspecified atom stereocenters. The SMILES string of the molecule is CCCCC/C=C\C/C=C\C/C=C\CCCCCCCCC(=O)NC(COP(=O)(O)OCC[N+](C)(C)C)C(O)/C=C/CCCCCCCCCCCCCCC. The van der Waals surface area contributed by atoms with Crippen molar-refractivity contribution in [1.82, 2.24) is 5.32 Å². The normalized spacial score (nSPS) is 14.8. The van der Waals surface area contributed by atoms with Crippen LogP contribution in [0.2, 0.25) is 0 Å². The van der Waals surface area contributed by atoms with E-state index in [0.717, 1.165) is 64.2 Å². The minimum absolute atomic E-state index is 0.0573. The van der Waals surface area contributed by atoms with Crippen LogP contribution in [-0.4, -0.2) is 73.4 Å². The van der Waals surface area contributed by atoms with Gasteiger partial charge in [-0.15, -0.1) is 0 Å². The largest absolute Gasteiger partial charge is 0.472 e. The van der Waals surface area contributed by atoms with Gasteiger partial charge in [-0.2, -0.15) is 0 Å². The van der Waals surface area contributed by atoms with E-state index in [2.05, 4.69) is 55.6 Å². The number of unbranched alkanes of at least 4 members (excludes halogenated alkanes) is 22. The van der Waals surface area contributed by atoms with Crippen molar-refractivity contribution < 1.29 is 32.9 Å². The van der Waals surface area contributed by atoms with Gasteiger partial charge in [-0.3, -0.25) is 13.8 Å². The number of nitrogens with zero attached hydrogens (tertiary/aromatic N) is 1. The number of amides is 1. The summed E-state index contributed by atoms with van der Waals surface area (Å²) < 4.78 is 23.6. The molecule has 0 saturated carbocycles. The van der Waals surface area contributed by atoms with Crippen molar-refractivity contribution in [2.45, 2.75) is 206 Å². The van der Waals surface area contributed by atoms with Crippen molar-refractivity contribution in [3.8, 4) is 0 Å². The number of hydrogen-bond acceptors (Lipinski definition) is 5. The van der Waals surface area contributed by atoms with Crippen LogP contribution in [0.25, 0.3) is 0 Å². The molecule has 8 nitrogen and oxygen atoms in total. The number of rotatable bonds is 41. The molecule has 0 heterocycles. The van der Waals surface area contributed by atoms with Gasteiger partial charge >= 0.3 is 7.82 Å². The van der Waals surface area contributed by atoms with E-state index in [1.807, 2.05) is 27.2 Å². The zero-order valence-electron chi connectivity index (χ0n) is 37.1. The Balaban J connectivity index is 4.43. The Morgan fingerprint density at radius 1 is 0.607 bits per heavy atom. The van der Waals surface area contributed by atoms with Crippen LogP contribution in [0.5, 0.6) is 0 Å².